The number of hydrogen-bond donors (Lipinski definition) is 1. The lowest BCUT2D eigenvalue weighted by Crippen LogP contribution is -2.27. The molecule has 1 rings (SSSR count). The van der Waals surface area contributed by atoms with Crippen LogP contribution < -0.4 is 0 Å². The van der Waals surface area contributed by atoms with Crippen molar-refractivity contribution in [3.63, 3.8) is 0 Å². The molecule has 0 bridgehead atoms. The SMILES string of the molecule is CCCCN(C)S(=O)(=O)c1ccc(CO)s1. The third kappa shape index (κ3) is 3.04. The minimum Gasteiger partial charge on any atom is -0.391 e. The Labute approximate surface area is 101 Å². The maximum atomic E-state index is 12.0. The second-order valence-electron chi connectivity index (χ2n) is 3.56. The largest absolute Gasteiger partial charge is 0.391 e. The van der Waals surface area contributed by atoms with Crippen LogP contribution in [0.15, 0.2) is 16.3 Å². The predicted octanol–water partition coefficient (Wildman–Crippen LogP) is 1.66. The molecule has 0 saturated heterocycles. The smallest absolute Gasteiger partial charge is 0.252 e. The fourth-order valence-electron chi connectivity index (χ4n) is 1.24. The third-order valence-electron chi connectivity index (χ3n) is 2.28. The quantitative estimate of drug-likeness (QED) is 0.849. The van der Waals surface area contributed by atoms with Crippen LogP contribution in [0.5, 0.6) is 0 Å². The average molecular weight is 263 g/mol. The van der Waals surface area contributed by atoms with Gasteiger partial charge >= 0.3 is 0 Å². The molecular weight excluding hydrogens is 246 g/mol. The van der Waals surface area contributed by atoms with Crippen molar-refractivity contribution in [1.29, 1.82) is 0 Å². The molecule has 0 aliphatic heterocycles. The highest BCUT2D eigenvalue weighted by Crippen LogP contribution is 2.24. The van der Waals surface area contributed by atoms with Gasteiger partial charge < -0.3 is 5.11 Å². The summed E-state index contributed by atoms with van der Waals surface area (Å²) in [5.74, 6) is 0. The van der Waals surface area contributed by atoms with Gasteiger partial charge in [-0.25, -0.2) is 12.7 Å². The summed E-state index contributed by atoms with van der Waals surface area (Å²) in [5, 5.41) is 8.90. The first kappa shape index (κ1) is 13.6. The molecule has 0 atom stereocenters. The normalized spacial score (nSPS) is 12.2. The number of sulfonamides is 1. The Morgan fingerprint density at radius 2 is 2.12 bits per heavy atom. The van der Waals surface area contributed by atoms with Crippen LogP contribution in [-0.4, -0.2) is 31.4 Å². The van der Waals surface area contributed by atoms with Gasteiger partial charge in [0.25, 0.3) is 10.0 Å². The summed E-state index contributed by atoms with van der Waals surface area (Å²) >= 11 is 1.12. The summed E-state index contributed by atoms with van der Waals surface area (Å²) in [4.78, 5) is 0.669. The molecule has 0 aliphatic carbocycles. The third-order valence-corrected chi connectivity index (χ3v) is 5.68. The maximum absolute atomic E-state index is 12.0. The van der Waals surface area contributed by atoms with E-state index in [0.29, 0.717) is 15.6 Å². The highest BCUT2D eigenvalue weighted by molar-refractivity contribution is 7.91. The summed E-state index contributed by atoms with van der Waals surface area (Å²) in [5.41, 5.74) is 0. The lowest BCUT2D eigenvalue weighted by molar-refractivity contribution is 0.285. The van der Waals surface area contributed by atoms with Gasteiger partial charge in [-0.1, -0.05) is 13.3 Å². The maximum Gasteiger partial charge on any atom is 0.252 e. The van der Waals surface area contributed by atoms with Crippen LogP contribution >= 0.6 is 11.3 Å². The molecule has 0 aliphatic rings. The Hall–Kier alpha value is -0.430. The molecule has 1 N–H and O–H groups in total. The Morgan fingerprint density at radius 1 is 1.44 bits per heavy atom. The molecule has 0 fully saturated rings. The van der Waals surface area contributed by atoms with E-state index < -0.39 is 10.0 Å². The molecule has 0 spiro atoms. The van der Waals surface area contributed by atoms with Gasteiger partial charge in [-0.3, -0.25) is 0 Å². The van der Waals surface area contributed by atoms with Gasteiger partial charge in [0.05, 0.1) is 6.61 Å². The number of aliphatic hydroxyl groups excluding tert-OH is 1. The summed E-state index contributed by atoms with van der Waals surface area (Å²) in [6, 6.07) is 3.19. The molecule has 1 heterocycles. The molecule has 0 unspecified atom stereocenters. The van der Waals surface area contributed by atoms with E-state index in [0.717, 1.165) is 24.2 Å². The van der Waals surface area contributed by atoms with Gasteiger partial charge in [0.1, 0.15) is 4.21 Å². The van der Waals surface area contributed by atoms with E-state index in [4.69, 9.17) is 5.11 Å². The van der Waals surface area contributed by atoms with Crippen molar-refractivity contribution in [3.05, 3.63) is 17.0 Å². The van der Waals surface area contributed by atoms with E-state index >= 15 is 0 Å². The molecule has 92 valence electrons. The van der Waals surface area contributed by atoms with Crippen LogP contribution in [-0.2, 0) is 16.6 Å². The van der Waals surface area contributed by atoms with Gasteiger partial charge in [0.15, 0.2) is 0 Å². The van der Waals surface area contributed by atoms with Gasteiger partial charge in [-0.15, -0.1) is 11.3 Å². The Bertz CT molecular complexity index is 425. The van der Waals surface area contributed by atoms with Crippen molar-refractivity contribution < 1.29 is 13.5 Å². The van der Waals surface area contributed by atoms with E-state index in [1.807, 2.05) is 6.92 Å². The van der Waals surface area contributed by atoms with Crippen molar-refractivity contribution in [3.8, 4) is 0 Å². The standard InChI is InChI=1S/C10H17NO3S2/c1-3-4-7-11(2)16(13,14)10-6-5-9(8-12)15-10/h5-6,12H,3-4,7-8H2,1-2H3. The second kappa shape index (κ2) is 5.77. The number of hydrogen-bond acceptors (Lipinski definition) is 4. The molecule has 16 heavy (non-hydrogen) atoms. The van der Waals surface area contributed by atoms with Gasteiger partial charge in [-0.2, -0.15) is 0 Å². The zero-order chi connectivity index (χ0) is 12.2. The summed E-state index contributed by atoms with van der Waals surface area (Å²) in [6.07, 6.45) is 1.82. The molecule has 0 saturated carbocycles. The van der Waals surface area contributed by atoms with E-state index in [1.54, 1.807) is 19.2 Å². The Morgan fingerprint density at radius 3 is 2.62 bits per heavy atom. The lowest BCUT2D eigenvalue weighted by atomic mass is 10.3. The highest BCUT2D eigenvalue weighted by atomic mass is 32.2. The van der Waals surface area contributed by atoms with Crippen LogP contribution in [0.1, 0.15) is 24.6 Å². The van der Waals surface area contributed by atoms with E-state index in [1.165, 1.54) is 4.31 Å². The van der Waals surface area contributed by atoms with E-state index in [-0.39, 0.29) is 6.61 Å². The minimum absolute atomic E-state index is 0.112. The number of aliphatic hydroxyl groups is 1. The highest BCUT2D eigenvalue weighted by Gasteiger charge is 2.21. The van der Waals surface area contributed by atoms with Crippen LogP contribution in [0.25, 0.3) is 0 Å². The van der Waals surface area contributed by atoms with Crippen LogP contribution in [0.4, 0.5) is 0 Å². The Balaban J connectivity index is 2.84. The first-order chi connectivity index (χ1) is 7.52. The molecular formula is C10H17NO3S2. The van der Waals surface area contributed by atoms with Gasteiger partial charge in [0, 0.05) is 18.5 Å². The molecule has 0 aromatic carbocycles. The van der Waals surface area contributed by atoms with Crippen molar-refractivity contribution >= 4 is 21.4 Å². The van der Waals surface area contributed by atoms with Crippen molar-refractivity contribution in [2.24, 2.45) is 0 Å². The molecule has 0 amide bonds. The summed E-state index contributed by atoms with van der Waals surface area (Å²) < 4.78 is 25.7. The molecule has 1 aromatic rings. The van der Waals surface area contributed by atoms with Crippen LogP contribution in [0.2, 0.25) is 0 Å². The zero-order valence-corrected chi connectivity index (χ0v) is 11.1. The van der Waals surface area contributed by atoms with Gasteiger partial charge in [-0.05, 0) is 18.6 Å². The second-order valence-corrected chi connectivity index (χ2v) is 7.00. The number of thiophene rings is 1. The monoisotopic (exact) mass is 263 g/mol. The average Bonchev–Trinajstić information content (AvgIpc) is 2.74. The fourth-order valence-corrected chi connectivity index (χ4v) is 3.87. The Kier molecular flexibility index (Phi) is 4.91. The zero-order valence-electron chi connectivity index (χ0n) is 9.51. The summed E-state index contributed by atoms with van der Waals surface area (Å²) in [6.45, 7) is 2.44. The predicted molar refractivity (Wildman–Crippen MR) is 65.0 cm³/mol. The number of nitrogens with zero attached hydrogens (tertiary/aromatic N) is 1. The van der Waals surface area contributed by atoms with Crippen molar-refractivity contribution in [2.75, 3.05) is 13.6 Å². The first-order valence-corrected chi connectivity index (χ1v) is 7.44. The fraction of sp³-hybridized carbons (Fsp3) is 0.600. The van der Waals surface area contributed by atoms with Crippen LogP contribution in [0.3, 0.4) is 0 Å². The molecule has 0 radical (unpaired) electrons. The van der Waals surface area contributed by atoms with E-state index in [9.17, 15) is 8.42 Å². The lowest BCUT2D eigenvalue weighted by Gasteiger charge is -2.15. The van der Waals surface area contributed by atoms with Gasteiger partial charge in [0.2, 0.25) is 0 Å². The number of unbranched alkanes of at least 4 members (excludes halogenated alkanes) is 1. The number of rotatable bonds is 6. The molecule has 6 heteroatoms. The van der Waals surface area contributed by atoms with E-state index in [2.05, 4.69) is 0 Å². The molecule has 1 aromatic heterocycles. The molecule has 4 nitrogen and oxygen atoms in total. The van der Waals surface area contributed by atoms with Crippen molar-refractivity contribution in [1.82, 2.24) is 4.31 Å². The first-order valence-electron chi connectivity index (χ1n) is 5.18. The van der Waals surface area contributed by atoms with Crippen molar-refractivity contribution in [2.45, 2.75) is 30.6 Å². The van der Waals surface area contributed by atoms with Crippen LogP contribution in [0, 0.1) is 0 Å². The topological polar surface area (TPSA) is 57.6 Å². The minimum atomic E-state index is -3.36. The summed E-state index contributed by atoms with van der Waals surface area (Å²) in [7, 11) is -1.77.